The fourth-order valence-corrected chi connectivity index (χ4v) is 2.24. The third-order valence-electron chi connectivity index (χ3n) is 2.59. The Morgan fingerprint density at radius 1 is 1.21 bits per heavy atom. The van der Waals surface area contributed by atoms with E-state index in [2.05, 4.69) is 15.9 Å². The lowest BCUT2D eigenvalue weighted by Crippen LogP contribution is -2.23. The molecule has 0 spiro atoms. The van der Waals surface area contributed by atoms with Crippen LogP contribution in [0.4, 0.5) is 0 Å². The zero-order chi connectivity index (χ0) is 13.8. The van der Waals surface area contributed by atoms with Crippen molar-refractivity contribution in [2.24, 2.45) is 0 Å². The molecule has 2 nitrogen and oxygen atoms in total. The van der Waals surface area contributed by atoms with E-state index in [9.17, 15) is 4.79 Å². The van der Waals surface area contributed by atoms with E-state index in [1.54, 1.807) is 31.2 Å². The fourth-order valence-electron chi connectivity index (χ4n) is 1.67. The molecule has 2 aromatic carbocycles. The minimum absolute atomic E-state index is 0.0949. The molecule has 0 saturated carbocycles. The molecule has 1 atom stereocenters. The smallest absolute Gasteiger partial charge is 0.203 e. The van der Waals surface area contributed by atoms with E-state index < -0.39 is 6.10 Å². The minimum Gasteiger partial charge on any atom is -0.483 e. The summed E-state index contributed by atoms with van der Waals surface area (Å²) in [7, 11) is 0. The summed E-state index contributed by atoms with van der Waals surface area (Å²) >= 11 is 9.24. The normalized spacial score (nSPS) is 11.9. The molecule has 0 amide bonds. The summed E-state index contributed by atoms with van der Waals surface area (Å²) in [5, 5.41) is 0.542. The van der Waals surface area contributed by atoms with E-state index in [4.69, 9.17) is 16.3 Å². The van der Waals surface area contributed by atoms with Crippen molar-refractivity contribution in [1.82, 2.24) is 0 Å². The number of hydrogen-bond donors (Lipinski definition) is 0. The van der Waals surface area contributed by atoms with Crippen LogP contribution in [0.1, 0.15) is 17.3 Å². The van der Waals surface area contributed by atoms with Crippen molar-refractivity contribution in [3.63, 3.8) is 0 Å². The molecule has 0 radical (unpaired) electrons. The molecule has 4 heteroatoms. The SMILES string of the molecule is CC(Oc1cccc(Br)c1)C(=O)c1cccc(Cl)c1. The molecule has 0 N–H and O–H groups in total. The zero-order valence-electron chi connectivity index (χ0n) is 10.3. The van der Waals surface area contributed by atoms with Gasteiger partial charge in [0.15, 0.2) is 6.10 Å². The van der Waals surface area contributed by atoms with Gasteiger partial charge in [-0.15, -0.1) is 0 Å². The van der Waals surface area contributed by atoms with Gasteiger partial charge in [-0.1, -0.05) is 45.7 Å². The van der Waals surface area contributed by atoms with Gasteiger partial charge in [-0.2, -0.15) is 0 Å². The molecular weight excluding hydrogens is 328 g/mol. The molecule has 1 unspecified atom stereocenters. The summed E-state index contributed by atoms with van der Waals surface area (Å²) in [6.07, 6.45) is -0.562. The van der Waals surface area contributed by atoms with Crippen LogP contribution in [-0.4, -0.2) is 11.9 Å². The monoisotopic (exact) mass is 338 g/mol. The molecule has 0 heterocycles. The van der Waals surface area contributed by atoms with Gasteiger partial charge in [-0.3, -0.25) is 4.79 Å². The van der Waals surface area contributed by atoms with E-state index in [0.29, 0.717) is 16.3 Å². The van der Waals surface area contributed by atoms with Crippen LogP contribution < -0.4 is 4.74 Å². The van der Waals surface area contributed by atoms with E-state index >= 15 is 0 Å². The molecule has 0 aromatic heterocycles. The van der Waals surface area contributed by atoms with Gasteiger partial charge >= 0.3 is 0 Å². The predicted molar refractivity (Wildman–Crippen MR) is 80.0 cm³/mol. The first-order valence-corrected chi connectivity index (χ1v) is 6.95. The lowest BCUT2D eigenvalue weighted by atomic mass is 10.1. The predicted octanol–water partition coefficient (Wildman–Crippen LogP) is 4.75. The summed E-state index contributed by atoms with van der Waals surface area (Å²) in [6.45, 7) is 1.73. The van der Waals surface area contributed by atoms with Gasteiger partial charge in [0.2, 0.25) is 5.78 Å². The minimum atomic E-state index is -0.562. The third kappa shape index (κ3) is 3.82. The van der Waals surface area contributed by atoms with Gasteiger partial charge in [0.1, 0.15) is 5.75 Å². The molecule has 0 fully saturated rings. The van der Waals surface area contributed by atoms with Crippen LogP contribution in [0.5, 0.6) is 5.75 Å². The summed E-state index contributed by atoms with van der Waals surface area (Å²) < 4.78 is 6.54. The quantitative estimate of drug-likeness (QED) is 0.751. The van der Waals surface area contributed by atoms with Crippen molar-refractivity contribution in [3.8, 4) is 5.75 Å². The average molecular weight is 340 g/mol. The van der Waals surface area contributed by atoms with Crippen LogP contribution in [0.25, 0.3) is 0 Å². The summed E-state index contributed by atoms with van der Waals surface area (Å²) in [6, 6.07) is 14.2. The molecule has 0 aliphatic carbocycles. The van der Waals surface area contributed by atoms with Crippen LogP contribution in [0.2, 0.25) is 5.02 Å². The van der Waals surface area contributed by atoms with Gasteiger partial charge in [-0.25, -0.2) is 0 Å². The van der Waals surface area contributed by atoms with Crippen molar-refractivity contribution in [3.05, 3.63) is 63.6 Å². The molecule has 0 bridgehead atoms. The number of halogens is 2. The van der Waals surface area contributed by atoms with Crippen molar-refractivity contribution in [2.75, 3.05) is 0 Å². The van der Waals surface area contributed by atoms with Crippen molar-refractivity contribution >= 4 is 33.3 Å². The number of ketones is 1. The summed E-state index contributed by atoms with van der Waals surface area (Å²) in [4.78, 5) is 12.2. The van der Waals surface area contributed by atoms with Gasteiger partial charge in [0.25, 0.3) is 0 Å². The number of ether oxygens (including phenoxy) is 1. The number of carbonyl (C=O) groups excluding carboxylic acids is 1. The van der Waals surface area contributed by atoms with Gasteiger partial charge < -0.3 is 4.74 Å². The Bertz CT molecular complexity index is 598. The molecule has 19 heavy (non-hydrogen) atoms. The Kier molecular flexibility index (Phi) is 4.61. The maximum Gasteiger partial charge on any atom is 0.203 e. The molecule has 0 saturated heterocycles. The number of rotatable bonds is 4. The van der Waals surface area contributed by atoms with E-state index in [1.165, 1.54) is 0 Å². The zero-order valence-corrected chi connectivity index (χ0v) is 12.6. The van der Waals surface area contributed by atoms with E-state index in [-0.39, 0.29) is 5.78 Å². The number of Topliss-reactive ketones (excluding diaryl/α,β-unsaturated/α-hetero) is 1. The molecule has 0 aliphatic rings. The van der Waals surface area contributed by atoms with E-state index in [1.807, 2.05) is 24.3 Å². The lowest BCUT2D eigenvalue weighted by Gasteiger charge is -2.14. The van der Waals surface area contributed by atoms with Gasteiger partial charge in [0, 0.05) is 15.1 Å². The molecular formula is C15H12BrClO2. The molecule has 2 rings (SSSR count). The largest absolute Gasteiger partial charge is 0.483 e. The maximum atomic E-state index is 12.2. The number of carbonyl (C=O) groups is 1. The highest BCUT2D eigenvalue weighted by atomic mass is 79.9. The van der Waals surface area contributed by atoms with Crippen LogP contribution in [0.15, 0.2) is 53.0 Å². The second-order valence-corrected chi connectivity index (χ2v) is 5.44. The highest BCUT2D eigenvalue weighted by molar-refractivity contribution is 9.10. The third-order valence-corrected chi connectivity index (χ3v) is 3.32. The first-order chi connectivity index (χ1) is 9.06. The highest BCUT2D eigenvalue weighted by Gasteiger charge is 2.17. The second-order valence-electron chi connectivity index (χ2n) is 4.09. The Labute approximate surface area is 125 Å². The number of hydrogen-bond acceptors (Lipinski definition) is 2. The standard InChI is InChI=1S/C15H12BrClO2/c1-10(19-14-7-3-5-12(16)9-14)15(18)11-4-2-6-13(17)8-11/h2-10H,1H3. The Balaban J connectivity index is 2.12. The van der Waals surface area contributed by atoms with Crippen LogP contribution in [-0.2, 0) is 0 Å². The highest BCUT2D eigenvalue weighted by Crippen LogP contribution is 2.20. The second kappa shape index (κ2) is 6.22. The lowest BCUT2D eigenvalue weighted by molar-refractivity contribution is 0.0818. The Morgan fingerprint density at radius 2 is 1.95 bits per heavy atom. The topological polar surface area (TPSA) is 26.3 Å². The molecule has 0 aliphatic heterocycles. The Morgan fingerprint density at radius 3 is 2.63 bits per heavy atom. The van der Waals surface area contributed by atoms with Crippen molar-refractivity contribution < 1.29 is 9.53 Å². The van der Waals surface area contributed by atoms with Crippen LogP contribution in [0, 0.1) is 0 Å². The van der Waals surface area contributed by atoms with Gasteiger partial charge in [-0.05, 0) is 37.3 Å². The first-order valence-electron chi connectivity index (χ1n) is 5.78. The average Bonchev–Trinajstić information content (AvgIpc) is 2.38. The fraction of sp³-hybridized carbons (Fsp3) is 0.133. The first kappa shape index (κ1) is 14.1. The molecule has 98 valence electrons. The summed E-state index contributed by atoms with van der Waals surface area (Å²) in [5.74, 6) is 0.555. The number of benzene rings is 2. The van der Waals surface area contributed by atoms with Crippen LogP contribution >= 0.6 is 27.5 Å². The van der Waals surface area contributed by atoms with Gasteiger partial charge in [0.05, 0.1) is 0 Å². The van der Waals surface area contributed by atoms with E-state index in [0.717, 1.165) is 4.47 Å². The molecule has 2 aromatic rings. The maximum absolute atomic E-state index is 12.2. The van der Waals surface area contributed by atoms with Crippen LogP contribution in [0.3, 0.4) is 0 Å². The van der Waals surface area contributed by atoms with Crippen molar-refractivity contribution in [1.29, 1.82) is 0 Å². The Hall–Kier alpha value is -1.32. The summed E-state index contributed by atoms with van der Waals surface area (Å²) in [5.41, 5.74) is 0.551. The van der Waals surface area contributed by atoms with Crippen molar-refractivity contribution in [2.45, 2.75) is 13.0 Å².